The van der Waals surface area contributed by atoms with Gasteiger partial charge in [0.2, 0.25) is 0 Å². The second-order valence-corrected chi connectivity index (χ2v) is 6.18. The smallest absolute Gasteiger partial charge is 0.151 e. The van der Waals surface area contributed by atoms with Crippen molar-refractivity contribution in [1.29, 1.82) is 0 Å². The molecular weight excluding hydrogens is 240 g/mol. The minimum absolute atomic E-state index is 0.273. The standard InChI is InChI=1S/C14H24N4O/c1-17-5-2-3-11(9-17)7-13-15-14-8-12(10-19)4-6-18(14)16-13/h11-12,19H,2-10H2,1H3. The van der Waals surface area contributed by atoms with E-state index in [1.54, 1.807) is 0 Å². The summed E-state index contributed by atoms with van der Waals surface area (Å²) in [6.45, 7) is 3.58. The van der Waals surface area contributed by atoms with Crippen molar-refractivity contribution in [1.82, 2.24) is 19.7 Å². The molecule has 0 bridgehead atoms. The Bertz CT molecular complexity index is 431. The number of aliphatic hydroxyl groups excluding tert-OH is 1. The van der Waals surface area contributed by atoms with Crippen molar-refractivity contribution in [3.05, 3.63) is 11.6 Å². The molecule has 0 radical (unpaired) electrons. The zero-order valence-corrected chi connectivity index (χ0v) is 11.8. The summed E-state index contributed by atoms with van der Waals surface area (Å²) in [5.41, 5.74) is 0. The number of aryl methyl sites for hydroxylation is 1. The summed E-state index contributed by atoms with van der Waals surface area (Å²) in [6.07, 6.45) is 5.51. The highest BCUT2D eigenvalue weighted by molar-refractivity contribution is 4.99. The molecule has 0 amide bonds. The van der Waals surface area contributed by atoms with Crippen molar-refractivity contribution < 1.29 is 5.11 Å². The van der Waals surface area contributed by atoms with Gasteiger partial charge >= 0.3 is 0 Å². The normalized spacial score (nSPS) is 28.3. The van der Waals surface area contributed by atoms with E-state index in [0.29, 0.717) is 11.8 Å². The van der Waals surface area contributed by atoms with Crippen molar-refractivity contribution in [2.75, 3.05) is 26.7 Å². The van der Waals surface area contributed by atoms with Crippen molar-refractivity contribution in [3.8, 4) is 0 Å². The highest BCUT2D eigenvalue weighted by atomic mass is 16.3. The molecule has 2 aliphatic rings. The first kappa shape index (κ1) is 13.1. The van der Waals surface area contributed by atoms with Crippen LogP contribution >= 0.6 is 0 Å². The predicted octanol–water partition coefficient (Wildman–Crippen LogP) is 0.717. The number of piperidine rings is 1. The van der Waals surface area contributed by atoms with Gasteiger partial charge in [0.25, 0.3) is 0 Å². The maximum atomic E-state index is 9.25. The number of nitrogens with zero attached hydrogens (tertiary/aromatic N) is 4. The van der Waals surface area contributed by atoms with Gasteiger partial charge in [-0.15, -0.1) is 0 Å². The van der Waals surface area contributed by atoms with Gasteiger partial charge in [-0.05, 0) is 44.7 Å². The van der Waals surface area contributed by atoms with E-state index < -0.39 is 0 Å². The van der Waals surface area contributed by atoms with Crippen LogP contribution in [0, 0.1) is 11.8 Å². The molecule has 0 aliphatic carbocycles. The van der Waals surface area contributed by atoms with Crippen LogP contribution in [-0.2, 0) is 19.4 Å². The number of rotatable bonds is 3. The molecule has 1 aromatic heterocycles. The molecule has 106 valence electrons. The van der Waals surface area contributed by atoms with Gasteiger partial charge < -0.3 is 10.0 Å². The fourth-order valence-corrected chi connectivity index (χ4v) is 3.36. The van der Waals surface area contributed by atoms with E-state index in [-0.39, 0.29) is 6.61 Å². The lowest BCUT2D eigenvalue weighted by molar-refractivity contribution is 0.196. The van der Waals surface area contributed by atoms with Crippen LogP contribution in [0.2, 0.25) is 0 Å². The van der Waals surface area contributed by atoms with Gasteiger partial charge in [0.1, 0.15) is 5.82 Å². The van der Waals surface area contributed by atoms with Crippen molar-refractivity contribution in [2.45, 2.75) is 38.6 Å². The van der Waals surface area contributed by atoms with E-state index >= 15 is 0 Å². The molecule has 1 saturated heterocycles. The van der Waals surface area contributed by atoms with Gasteiger partial charge in [-0.3, -0.25) is 0 Å². The van der Waals surface area contributed by atoms with Crippen LogP contribution in [0.4, 0.5) is 0 Å². The lowest BCUT2D eigenvalue weighted by atomic mass is 9.95. The van der Waals surface area contributed by atoms with Crippen LogP contribution in [0.5, 0.6) is 0 Å². The average Bonchev–Trinajstić information content (AvgIpc) is 2.79. The minimum Gasteiger partial charge on any atom is -0.396 e. The Morgan fingerprint density at radius 3 is 2.95 bits per heavy atom. The van der Waals surface area contributed by atoms with Gasteiger partial charge in [0, 0.05) is 32.5 Å². The Balaban J connectivity index is 1.64. The Kier molecular flexibility index (Phi) is 3.84. The lowest BCUT2D eigenvalue weighted by Crippen LogP contribution is -2.33. The summed E-state index contributed by atoms with van der Waals surface area (Å²) in [5, 5.41) is 13.9. The van der Waals surface area contributed by atoms with Crippen molar-refractivity contribution in [2.24, 2.45) is 11.8 Å². The molecule has 5 nitrogen and oxygen atoms in total. The van der Waals surface area contributed by atoms with E-state index in [2.05, 4.69) is 17.0 Å². The fraction of sp³-hybridized carbons (Fsp3) is 0.857. The molecule has 3 heterocycles. The van der Waals surface area contributed by atoms with Gasteiger partial charge in [-0.1, -0.05) is 0 Å². The molecule has 1 fully saturated rings. The maximum Gasteiger partial charge on any atom is 0.151 e. The first-order chi connectivity index (χ1) is 9.24. The topological polar surface area (TPSA) is 54.2 Å². The quantitative estimate of drug-likeness (QED) is 0.874. The van der Waals surface area contributed by atoms with Crippen molar-refractivity contribution >= 4 is 0 Å². The molecule has 19 heavy (non-hydrogen) atoms. The highest BCUT2D eigenvalue weighted by Gasteiger charge is 2.23. The highest BCUT2D eigenvalue weighted by Crippen LogP contribution is 2.21. The van der Waals surface area contributed by atoms with Crippen LogP contribution in [0.1, 0.15) is 30.9 Å². The Labute approximate surface area is 114 Å². The Hall–Kier alpha value is -0.940. The molecule has 2 aliphatic heterocycles. The van der Waals surface area contributed by atoms with E-state index in [1.807, 2.05) is 4.68 Å². The van der Waals surface area contributed by atoms with Crippen LogP contribution in [0.15, 0.2) is 0 Å². The molecule has 3 rings (SSSR count). The number of fused-ring (bicyclic) bond motifs is 1. The van der Waals surface area contributed by atoms with E-state index in [1.165, 1.54) is 25.9 Å². The Morgan fingerprint density at radius 1 is 1.26 bits per heavy atom. The summed E-state index contributed by atoms with van der Waals surface area (Å²) in [4.78, 5) is 7.10. The largest absolute Gasteiger partial charge is 0.396 e. The van der Waals surface area contributed by atoms with Gasteiger partial charge in [0.15, 0.2) is 5.82 Å². The molecule has 0 spiro atoms. The van der Waals surface area contributed by atoms with Crippen LogP contribution in [0.3, 0.4) is 0 Å². The van der Waals surface area contributed by atoms with E-state index in [4.69, 9.17) is 4.98 Å². The lowest BCUT2D eigenvalue weighted by Gasteiger charge is -2.28. The summed E-state index contributed by atoms with van der Waals surface area (Å²) in [6, 6.07) is 0. The number of aliphatic hydroxyl groups is 1. The number of hydrogen-bond acceptors (Lipinski definition) is 4. The summed E-state index contributed by atoms with van der Waals surface area (Å²) < 4.78 is 2.05. The van der Waals surface area contributed by atoms with Crippen LogP contribution < -0.4 is 0 Å². The number of hydrogen-bond donors (Lipinski definition) is 1. The fourth-order valence-electron chi connectivity index (χ4n) is 3.36. The van der Waals surface area contributed by atoms with Gasteiger partial charge in [-0.2, -0.15) is 5.10 Å². The summed E-state index contributed by atoms with van der Waals surface area (Å²) in [7, 11) is 2.20. The molecular formula is C14H24N4O. The maximum absolute atomic E-state index is 9.25. The second-order valence-electron chi connectivity index (χ2n) is 6.18. The van der Waals surface area contributed by atoms with E-state index in [9.17, 15) is 5.11 Å². The SMILES string of the molecule is CN1CCCC(Cc2nc3n(n2)CCC(CO)C3)C1. The van der Waals surface area contributed by atoms with Crippen molar-refractivity contribution in [3.63, 3.8) is 0 Å². The monoisotopic (exact) mass is 264 g/mol. The third-order valence-corrected chi connectivity index (χ3v) is 4.46. The van der Waals surface area contributed by atoms with Crippen LogP contribution in [-0.4, -0.2) is 51.5 Å². The molecule has 2 atom stereocenters. The second kappa shape index (κ2) is 5.59. The molecule has 5 heteroatoms. The number of aromatic nitrogens is 3. The van der Waals surface area contributed by atoms with Crippen LogP contribution in [0.25, 0.3) is 0 Å². The number of likely N-dealkylation sites (tertiary alicyclic amines) is 1. The molecule has 0 saturated carbocycles. The summed E-state index contributed by atoms with van der Waals surface area (Å²) >= 11 is 0. The van der Waals surface area contributed by atoms with E-state index in [0.717, 1.165) is 37.5 Å². The molecule has 2 unspecified atom stereocenters. The first-order valence-corrected chi connectivity index (χ1v) is 7.46. The molecule has 1 aromatic rings. The summed E-state index contributed by atoms with van der Waals surface area (Å²) in [5.74, 6) is 3.17. The Morgan fingerprint density at radius 2 is 2.16 bits per heavy atom. The molecule has 0 aromatic carbocycles. The third-order valence-electron chi connectivity index (χ3n) is 4.46. The average molecular weight is 264 g/mol. The van der Waals surface area contributed by atoms with Gasteiger partial charge in [0.05, 0.1) is 0 Å². The molecule has 1 N–H and O–H groups in total. The zero-order valence-electron chi connectivity index (χ0n) is 11.8. The first-order valence-electron chi connectivity index (χ1n) is 7.46. The minimum atomic E-state index is 0.273. The van der Waals surface area contributed by atoms with Gasteiger partial charge in [-0.25, -0.2) is 9.67 Å². The predicted molar refractivity (Wildman–Crippen MR) is 72.8 cm³/mol. The zero-order chi connectivity index (χ0) is 13.2. The third kappa shape index (κ3) is 2.98.